The van der Waals surface area contributed by atoms with E-state index in [0.29, 0.717) is 19.5 Å². The van der Waals surface area contributed by atoms with Crippen molar-refractivity contribution in [2.24, 2.45) is 5.92 Å². The third-order valence-corrected chi connectivity index (χ3v) is 4.44. The maximum Gasteiger partial charge on any atom is 0.253 e. The van der Waals surface area contributed by atoms with E-state index in [1.807, 2.05) is 30.0 Å². The zero-order valence-corrected chi connectivity index (χ0v) is 11.9. The Morgan fingerprint density at radius 2 is 2.30 bits per heavy atom. The number of piperidine rings is 1. The van der Waals surface area contributed by atoms with Gasteiger partial charge in [-0.15, -0.1) is 0 Å². The molecule has 1 fully saturated rings. The molecule has 0 aromatic heterocycles. The molecule has 0 aliphatic carbocycles. The molecule has 2 aliphatic rings. The molecule has 2 atom stereocenters. The number of anilines is 1. The van der Waals surface area contributed by atoms with Gasteiger partial charge in [0.25, 0.3) is 5.91 Å². The molecule has 0 saturated carbocycles. The number of carbonyl (C=O) groups is 1. The number of hydrogen-bond donors (Lipinski definition) is 2. The topological polar surface area (TPSA) is 52.6 Å². The van der Waals surface area contributed by atoms with Crippen molar-refractivity contribution in [2.45, 2.75) is 32.3 Å². The van der Waals surface area contributed by atoms with E-state index in [9.17, 15) is 9.90 Å². The van der Waals surface area contributed by atoms with Crippen LogP contribution < -0.4 is 5.32 Å². The Morgan fingerprint density at radius 3 is 3.10 bits per heavy atom. The summed E-state index contributed by atoms with van der Waals surface area (Å²) in [7, 11) is 0. The number of nitrogens with zero attached hydrogens (tertiary/aromatic N) is 1. The Morgan fingerprint density at radius 1 is 1.45 bits per heavy atom. The van der Waals surface area contributed by atoms with Crippen molar-refractivity contribution < 1.29 is 9.90 Å². The van der Waals surface area contributed by atoms with E-state index in [1.54, 1.807) is 0 Å². The van der Waals surface area contributed by atoms with E-state index in [2.05, 4.69) is 5.32 Å². The molecule has 20 heavy (non-hydrogen) atoms. The molecular weight excluding hydrogens is 252 g/mol. The first-order chi connectivity index (χ1) is 9.65. The quantitative estimate of drug-likeness (QED) is 0.822. The molecule has 2 aliphatic heterocycles. The van der Waals surface area contributed by atoms with Gasteiger partial charge in [-0.05, 0) is 48.9 Å². The second kappa shape index (κ2) is 5.44. The second-order valence-electron chi connectivity index (χ2n) is 5.99. The van der Waals surface area contributed by atoms with Crippen LogP contribution in [0.2, 0.25) is 0 Å². The summed E-state index contributed by atoms with van der Waals surface area (Å²) >= 11 is 0. The molecule has 0 radical (unpaired) electrons. The van der Waals surface area contributed by atoms with Gasteiger partial charge in [0.15, 0.2) is 0 Å². The van der Waals surface area contributed by atoms with Crippen LogP contribution in [-0.2, 0) is 6.42 Å². The van der Waals surface area contributed by atoms with Crippen LogP contribution in [0.15, 0.2) is 18.2 Å². The van der Waals surface area contributed by atoms with E-state index in [-0.39, 0.29) is 17.9 Å². The largest absolute Gasteiger partial charge is 0.393 e. The highest BCUT2D eigenvalue weighted by Gasteiger charge is 2.28. The van der Waals surface area contributed by atoms with Crippen molar-refractivity contribution in [3.8, 4) is 0 Å². The molecule has 1 amide bonds. The lowest BCUT2D eigenvalue weighted by Crippen LogP contribution is -2.45. The van der Waals surface area contributed by atoms with Gasteiger partial charge in [-0.1, -0.05) is 6.92 Å². The summed E-state index contributed by atoms with van der Waals surface area (Å²) in [4.78, 5) is 14.4. The summed E-state index contributed by atoms with van der Waals surface area (Å²) in [5.41, 5.74) is 3.18. The number of aryl methyl sites for hydroxylation is 1. The van der Waals surface area contributed by atoms with Gasteiger partial charge in [-0.2, -0.15) is 0 Å². The highest BCUT2D eigenvalue weighted by molar-refractivity contribution is 5.95. The van der Waals surface area contributed by atoms with Crippen LogP contribution in [0.5, 0.6) is 0 Å². The van der Waals surface area contributed by atoms with Crippen molar-refractivity contribution in [3.63, 3.8) is 0 Å². The van der Waals surface area contributed by atoms with Crippen molar-refractivity contribution in [2.75, 3.05) is 25.0 Å². The van der Waals surface area contributed by atoms with E-state index < -0.39 is 0 Å². The molecule has 2 N–H and O–H groups in total. The lowest BCUT2D eigenvalue weighted by atomic mass is 9.95. The minimum Gasteiger partial charge on any atom is -0.393 e. The zero-order chi connectivity index (χ0) is 14.1. The molecule has 108 valence electrons. The van der Waals surface area contributed by atoms with Crippen LogP contribution in [0, 0.1) is 5.92 Å². The molecule has 1 aromatic rings. The summed E-state index contributed by atoms with van der Waals surface area (Å²) in [6, 6.07) is 5.96. The highest BCUT2D eigenvalue weighted by atomic mass is 16.3. The van der Waals surface area contributed by atoms with Crippen LogP contribution in [0.4, 0.5) is 5.69 Å². The summed E-state index contributed by atoms with van der Waals surface area (Å²) in [5, 5.41) is 13.1. The van der Waals surface area contributed by atoms with Crippen LogP contribution in [0.1, 0.15) is 35.7 Å². The van der Waals surface area contributed by atoms with Gasteiger partial charge >= 0.3 is 0 Å². The molecule has 2 heterocycles. The Kier molecular flexibility index (Phi) is 3.66. The van der Waals surface area contributed by atoms with Crippen LogP contribution in [-0.4, -0.2) is 41.7 Å². The monoisotopic (exact) mass is 274 g/mol. The first kappa shape index (κ1) is 13.4. The third kappa shape index (κ3) is 2.52. The average Bonchev–Trinajstić information content (AvgIpc) is 2.49. The summed E-state index contributed by atoms with van der Waals surface area (Å²) < 4.78 is 0. The Balaban J connectivity index is 1.77. The summed E-state index contributed by atoms with van der Waals surface area (Å²) in [6.45, 7) is 4.32. The molecule has 3 rings (SSSR count). The fourth-order valence-corrected chi connectivity index (χ4v) is 3.11. The number of rotatable bonds is 1. The van der Waals surface area contributed by atoms with Gasteiger partial charge in [-0.25, -0.2) is 0 Å². The lowest BCUT2D eigenvalue weighted by Gasteiger charge is -2.34. The molecule has 4 nitrogen and oxygen atoms in total. The summed E-state index contributed by atoms with van der Waals surface area (Å²) in [6.07, 6.45) is 2.57. The predicted octanol–water partition coefficient (Wildman–Crippen LogP) is 1.89. The fourth-order valence-electron chi connectivity index (χ4n) is 3.11. The fraction of sp³-hybridized carbons (Fsp3) is 0.562. The van der Waals surface area contributed by atoms with Crippen molar-refractivity contribution in [1.82, 2.24) is 4.90 Å². The van der Waals surface area contributed by atoms with E-state index in [4.69, 9.17) is 0 Å². The normalized spacial score (nSPS) is 25.8. The number of likely N-dealkylation sites (tertiary alicyclic amines) is 1. The van der Waals surface area contributed by atoms with Gasteiger partial charge in [0.05, 0.1) is 6.10 Å². The molecular formula is C16H22N2O2. The van der Waals surface area contributed by atoms with Gasteiger partial charge in [0.2, 0.25) is 0 Å². The lowest BCUT2D eigenvalue weighted by molar-refractivity contribution is 0.0297. The molecule has 0 spiro atoms. The van der Waals surface area contributed by atoms with Gasteiger partial charge < -0.3 is 15.3 Å². The number of amides is 1. The minimum absolute atomic E-state index is 0.0946. The van der Waals surface area contributed by atoms with E-state index in [1.165, 1.54) is 5.56 Å². The molecule has 1 aromatic carbocycles. The van der Waals surface area contributed by atoms with Gasteiger partial charge in [0.1, 0.15) is 0 Å². The van der Waals surface area contributed by atoms with E-state index in [0.717, 1.165) is 30.6 Å². The standard InChI is InChI=1S/C16H22N2O2/c1-11-10-18(8-6-15(11)19)16(20)13-4-5-14-12(9-13)3-2-7-17-14/h4-5,9,11,15,17,19H,2-3,6-8,10H2,1H3. The van der Waals surface area contributed by atoms with Gasteiger partial charge in [0, 0.05) is 30.9 Å². The van der Waals surface area contributed by atoms with Crippen LogP contribution >= 0.6 is 0 Å². The third-order valence-electron chi connectivity index (χ3n) is 4.44. The number of hydrogen-bond acceptors (Lipinski definition) is 3. The van der Waals surface area contributed by atoms with Crippen molar-refractivity contribution >= 4 is 11.6 Å². The maximum atomic E-state index is 12.6. The Hall–Kier alpha value is -1.55. The minimum atomic E-state index is -0.271. The Labute approximate surface area is 119 Å². The predicted molar refractivity (Wildman–Crippen MR) is 78.9 cm³/mol. The maximum absolute atomic E-state index is 12.6. The number of fused-ring (bicyclic) bond motifs is 1. The molecule has 1 saturated heterocycles. The number of carbonyl (C=O) groups excluding carboxylic acids is 1. The van der Waals surface area contributed by atoms with Crippen molar-refractivity contribution in [1.29, 1.82) is 0 Å². The number of benzene rings is 1. The number of aliphatic hydroxyl groups is 1. The molecule has 0 bridgehead atoms. The summed E-state index contributed by atoms with van der Waals surface area (Å²) in [5.74, 6) is 0.254. The zero-order valence-electron chi connectivity index (χ0n) is 11.9. The van der Waals surface area contributed by atoms with Crippen molar-refractivity contribution in [3.05, 3.63) is 29.3 Å². The van der Waals surface area contributed by atoms with Crippen LogP contribution in [0.25, 0.3) is 0 Å². The molecule has 2 unspecified atom stereocenters. The number of aliphatic hydroxyl groups excluding tert-OH is 1. The average molecular weight is 274 g/mol. The van der Waals surface area contributed by atoms with E-state index >= 15 is 0 Å². The highest BCUT2D eigenvalue weighted by Crippen LogP contribution is 2.25. The number of nitrogens with one attached hydrogen (secondary N) is 1. The van der Waals surface area contributed by atoms with Gasteiger partial charge in [-0.3, -0.25) is 4.79 Å². The smallest absolute Gasteiger partial charge is 0.253 e. The SMILES string of the molecule is CC1CN(C(=O)c2ccc3c(c2)CCCN3)CCC1O. The molecule has 4 heteroatoms. The first-order valence-corrected chi connectivity index (χ1v) is 7.49. The Bertz CT molecular complexity index is 515. The first-order valence-electron chi connectivity index (χ1n) is 7.49. The second-order valence-corrected chi connectivity index (χ2v) is 5.99. The van der Waals surface area contributed by atoms with Crippen LogP contribution in [0.3, 0.4) is 0 Å².